The van der Waals surface area contributed by atoms with Crippen molar-refractivity contribution in [2.24, 2.45) is 9.98 Å². The van der Waals surface area contributed by atoms with Crippen LogP contribution in [0.2, 0.25) is 0 Å². The molecule has 15 nitrogen and oxygen atoms in total. The molecule has 4 amide bonds. The number of aliphatic imine (C=N–C) groups is 2. The van der Waals surface area contributed by atoms with Crippen LogP contribution in [0.3, 0.4) is 0 Å². The van der Waals surface area contributed by atoms with Gasteiger partial charge in [0, 0.05) is 50.6 Å². The number of amides is 4. The lowest BCUT2D eigenvalue weighted by atomic mass is 9.97. The Hall–Kier alpha value is -5.60. The van der Waals surface area contributed by atoms with Crippen LogP contribution in [0.15, 0.2) is 52.5 Å². The molecule has 56 heavy (non-hydrogen) atoms. The normalized spacial score (nSPS) is 15.6. The first-order valence-electron chi connectivity index (χ1n) is 18.7. The molecule has 1 saturated heterocycles. The third-order valence-electron chi connectivity index (χ3n) is 8.36. The first-order chi connectivity index (χ1) is 26.1. The zero-order valence-electron chi connectivity index (χ0n) is 34.6. The fourth-order valence-electron chi connectivity index (χ4n) is 5.93. The Morgan fingerprint density at radius 1 is 0.786 bits per heavy atom. The van der Waals surface area contributed by atoms with Crippen molar-refractivity contribution >= 4 is 53.4 Å². The minimum absolute atomic E-state index is 0.0290. The third kappa shape index (κ3) is 13.3. The number of carbonyl (C=O) groups excluding carboxylic acids is 4. The Morgan fingerprint density at radius 3 is 2.00 bits per heavy atom. The van der Waals surface area contributed by atoms with Gasteiger partial charge in [-0.3, -0.25) is 10.1 Å². The number of ether oxygens (including phenoxy) is 4. The zero-order chi connectivity index (χ0) is 41.4. The van der Waals surface area contributed by atoms with Crippen molar-refractivity contribution < 1.29 is 38.1 Å². The van der Waals surface area contributed by atoms with Crippen molar-refractivity contribution in [1.82, 2.24) is 15.1 Å². The van der Waals surface area contributed by atoms with Gasteiger partial charge < -0.3 is 39.0 Å². The van der Waals surface area contributed by atoms with Crippen molar-refractivity contribution in [2.45, 2.75) is 92.5 Å². The van der Waals surface area contributed by atoms with E-state index in [0.29, 0.717) is 49.6 Å². The number of methoxy groups -OCH3 is 1. The number of anilines is 2. The van der Waals surface area contributed by atoms with Crippen molar-refractivity contribution in [3.63, 3.8) is 0 Å². The summed E-state index contributed by atoms with van der Waals surface area (Å²) in [6.07, 6.45) is 1.90. The van der Waals surface area contributed by atoms with Gasteiger partial charge in [-0.05, 0) is 123 Å². The summed E-state index contributed by atoms with van der Waals surface area (Å²) in [7, 11) is 1.52. The van der Waals surface area contributed by atoms with Crippen molar-refractivity contribution in [3.05, 3.63) is 59.2 Å². The fraction of sp³-hybridized carbons (Fsp3) is 0.512. The molecule has 2 aliphatic heterocycles. The van der Waals surface area contributed by atoms with Crippen LogP contribution in [0.5, 0.6) is 5.75 Å². The van der Waals surface area contributed by atoms with E-state index in [1.54, 1.807) is 79.6 Å². The number of aryl methyl sites for hydroxylation is 1. The lowest BCUT2D eigenvalue weighted by molar-refractivity contribution is 0.0551. The van der Waals surface area contributed by atoms with Crippen LogP contribution in [-0.4, -0.2) is 109 Å². The quantitative estimate of drug-likeness (QED) is 0.173. The van der Waals surface area contributed by atoms with E-state index in [1.165, 1.54) is 7.11 Å². The molecule has 0 bridgehead atoms. The molecule has 0 radical (unpaired) electrons. The molecule has 2 aliphatic rings. The van der Waals surface area contributed by atoms with E-state index in [0.717, 1.165) is 35.5 Å². The Labute approximate surface area is 330 Å². The smallest absolute Gasteiger partial charge is 0.437 e. The maximum absolute atomic E-state index is 13.5. The van der Waals surface area contributed by atoms with Gasteiger partial charge in [0.2, 0.25) is 5.96 Å². The van der Waals surface area contributed by atoms with Gasteiger partial charge in [-0.15, -0.1) is 4.99 Å². The molecule has 304 valence electrons. The van der Waals surface area contributed by atoms with Crippen molar-refractivity contribution in [1.29, 1.82) is 0 Å². The number of hydrogen-bond donors (Lipinski definition) is 2. The van der Waals surface area contributed by atoms with Gasteiger partial charge in [0.15, 0.2) is 0 Å². The van der Waals surface area contributed by atoms with Crippen molar-refractivity contribution in [3.8, 4) is 5.75 Å². The maximum atomic E-state index is 13.5. The summed E-state index contributed by atoms with van der Waals surface area (Å²) >= 11 is 0. The second-order valence-electron chi connectivity index (χ2n) is 16.6. The van der Waals surface area contributed by atoms with Crippen LogP contribution in [0.4, 0.5) is 25.8 Å². The number of alkyl carbamates (subject to hydrolysis) is 1. The molecule has 15 heteroatoms. The molecule has 2 N–H and O–H groups in total. The van der Waals surface area contributed by atoms with E-state index in [4.69, 9.17) is 18.9 Å². The van der Waals surface area contributed by atoms with Gasteiger partial charge in [-0.2, -0.15) is 4.99 Å². The second-order valence-corrected chi connectivity index (χ2v) is 16.6. The lowest BCUT2D eigenvalue weighted by Gasteiger charge is -2.36. The predicted molar refractivity (Wildman–Crippen MR) is 218 cm³/mol. The molecule has 2 aromatic rings. The van der Waals surface area contributed by atoms with Crippen molar-refractivity contribution in [2.75, 3.05) is 56.6 Å². The van der Waals surface area contributed by atoms with Crippen LogP contribution < -0.4 is 20.3 Å². The third-order valence-corrected chi connectivity index (χ3v) is 8.36. The minimum atomic E-state index is -0.831. The molecule has 0 aliphatic carbocycles. The molecular weight excluding hydrogens is 718 g/mol. The average molecular weight is 776 g/mol. The summed E-state index contributed by atoms with van der Waals surface area (Å²) in [5.74, 6) is 0.142. The molecule has 0 unspecified atom stereocenters. The van der Waals surface area contributed by atoms with Crippen LogP contribution in [-0.2, 0) is 14.2 Å². The minimum Gasteiger partial charge on any atom is -0.496 e. The van der Waals surface area contributed by atoms with Crippen LogP contribution >= 0.6 is 0 Å². The lowest BCUT2D eigenvalue weighted by Crippen LogP contribution is -2.48. The molecular formula is C41H57N7O8. The molecule has 2 heterocycles. The number of guanidine groups is 1. The van der Waals surface area contributed by atoms with E-state index < -0.39 is 35.1 Å². The first-order valence-corrected chi connectivity index (χ1v) is 18.7. The number of benzene rings is 2. The zero-order valence-corrected chi connectivity index (χ0v) is 34.6. The Kier molecular flexibility index (Phi) is 13.8. The summed E-state index contributed by atoms with van der Waals surface area (Å²) in [5, 5.41) is 5.62. The molecule has 0 spiro atoms. The second kappa shape index (κ2) is 17.9. The Balaban J connectivity index is 1.39. The topological polar surface area (TPSA) is 164 Å². The van der Waals surface area contributed by atoms with Gasteiger partial charge in [0.25, 0.3) is 5.91 Å². The highest BCUT2D eigenvalue weighted by atomic mass is 16.6. The number of hydrogen-bond acceptors (Lipinski definition) is 9. The standard InChI is InChI=1S/C41H57N7O8/c1-27-24-30(13-15-32(27)47-22-20-46(21-23-47)26-42-36(50)54-39(2,3)4)43-34(49)31-14-12-29(25-33(31)53-11)28-16-18-48(19-17-28)35(44-37(51)55-40(5,6)7)45-38(52)56-41(8,9)10/h12-16,24-26H,17-23H2,1-11H3,(H,43,49)(H,44,45,51,52). The van der Waals surface area contributed by atoms with E-state index in [2.05, 4.69) is 25.5 Å². The number of carbonyl (C=O) groups is 4. The molecule has 0 aromatic heterocycles. The molecule has 0 saturated carbocycles. The highest BCUT2D eigenvalue weighted by Crippen LogP contribution is 2.30. The van der Waals surface area contributed by atoms with E-state index in [9.17, 15) is 19.2 Å². The maximum Gasteiger partial charge on any atom is 0.437 e. The summed E-state index contributed by atoms with van der Waals surface area (Å²) in [6.45, 7) is 21.5. The summed E-state index contributed by atoms with van der Waals surface area (Å²) in [5.41, 5.74) is 2.90. The monoisotopic (exact) mass is 775 g/mol. The van der Waals surface area contributed by atoms with Crippen LogP contribution in [0.25, 0.3) is 5.57 Å². The van der Waals surface area contributed by atoms with Gasteiger partial charge in [-0.1, -0.05) is 12.1 Å². The molecule has 0 atom stereocenters. The highest BCUT2D eigenvalue weighted by molar-refractivity contribution is 6.06. The van der Waals surface area contributed by atoms with Crippen LogP contribution in [0, 0.1) is 6.92 Å². The Bertz CT molecular complexity index is 1860. The van der Waals surface area contributed by atoms with Gasteiger partial charge in [0.1, 0.15) is 22.6 Å². The van der Waals surface area contributed by atoms with Crippen LogP contribution in [0.1, 0.15) is 90.2 Å². The fourth-order valence-corrected chi connectivity index (χ4v) is 5.93. The van der Waals surface area contributed by atoms with Gasteiger partial charge in [-0.25, -0.2) is 14.4 Å². The SMILES string of the molecule is COc1cc(C2=CCN(C(=NC(=O)OC(C)(C)C)NC(=O)OC(C)(C)C)CC2)ccc1C(=O)Nc1ccc(N2CCN(C=NC(=O)OC(C)(C)C)CC2)c(C)c1. The summed E-state index contributed by atoms with van der Waals surface area (Å²) in [6, 6.07) is 11.3. The molecule has 4 rings (SSSR count). The number of piperazine rings is 1. The van der Waals surface area contributed by atoms with E-state index in [1.807, 2.05) is 48.2 Å². The molecule has 2 aromatic carbocycles. The van der Waals surface area contributed by atoms with E-state index >= 15 is 0 Å². The van der Waals surface area contributed by atoms with E-state index in [-0.39, 0.29) is 11.9 Å². The molecule has 1 fully saturated rings. The summed E-state index contributed by atoms with van der Waals surface area (Å²) in [4.78, 5) is 64.7. The van der Waals surface area contributed by atoms with Gasteiger partial charge >= 0.3 is 18.3 Å². The average Bonchev–Trinajstić information content (AvgIpc) is 3.08. The Morgan fingerprint density at radius 2 is 1.43 bits per heavy atom. The largest absolute Gasteiger partial charge is 0.496 e. The number of nitrogens with one attached hydrogen (secondary N) is 2. The highest BCUT2D eigenvalue weighted by Gasteiger charge is 2.26. The summed E-state index contributed by atoms with van der Waals surface area (Å²) < 4.78 is 21.7. The predicted octanol–water partition coefficient (Wildman–Crippen LogP) is 7.25. The number of rotatable bonds is 6. The van der Waals surface area contributed by atoms with Gasteiger partial charge in [0.05, 0.1) is 19.0 Å². The number of nitrogens with zero attached hydrogens (tertiary/aromatic N) is 5. The first kappa shape index (κ1) is 43.1.